The molecule has 2 heterocycles. The van der Waals surface area contributed by atoms with Gasteiger partial charge in [0.15, 0.2) is 0 Å². The van der Waals surface area contributed by atoms with Crippen molar-refractivity contribution in [2.24, 2.45) is 0 Å². The molecule has 1 aliphatic heterocycles. The summed E-state index contributed by atoms with van der Waals surface area (Å²) in [6, 6.07) is 14.0. The third-order valence-electron chi connectivity index (χ3n) is 4.80. The average molecular weight is 416 g/mol. The zero-order chi connectivity index (χ0) is 19.5. The van der Waals surface area contributed by atoms with Gasteiger partial charge < -0.3 is 9.80 Å². The third kappa shape index (κ3) is 4.03. The van der Waals surface area contributed by atoms with Gasteiger partial charge in [-0.1, -0.05) is 29.8 Å². The quantitative estimate of drug-likeness (QED) is 0.607. The number of anilines is 1. The Morgan fingerprint density at radius 1 is 1.04 bits per heavy atom. The first-order chi connectivity index (χ1) is 13.6. The number of nitrogens with zero attached hydrogens (tertiary/aromatic N) is 3. The van der Waals surface area contributed by atoms with Crippen LogP contribution in [0, 0.1) is 5.82 Å². The summed E-state index contributed by atoms with van der Waals surface area (Å²) in [5.41, 5.74) is 1.82. The Balaban J connectivity index is 1.46. The minimum absolute atomic E-state index is 0.00300. The summed E-state index contributed by atoms with van der Waals surface area (Å²) in [6.07, 6.45) is 2.49. The van der Waals surface area contributed by atoms with Crippen LogP contribution < -0.4 is 4.90 Å². The minimum atomic E-state index is -0.241. The molecule has 0 N–H and O–H groups in total. The molecule has 0 aliphatic carbocycles. The Kier molecular flexibility index (Phi) is 5.59. The summed E-state index contributed by atoms with van der Waals surface area (Å²) in [6.45, 7) is 2.86. The largest absolute Gasteiger partial charge is 0.370 e. The van der Waals surface area contributed by atoms with Gasteiger partial charge in [-0.2, -0.15) is 0 Å². The summed E-state index contributed by atoms with van der Waals surface area (Å²) in [7, 11) is 0. The molecule has 1 fully saturated rings. The van der Waals surface area contributed by atoms with Crippen molar-refractivity contribution in [1.29, 1.82) is 0 Å². The van der Waals surface area contributed by atoms with Gasteiger partial charge in [0.2, 0.25) is 0 Å². The molecule has 1 saturated heterocycles. The maximum Gasteiger partial charge on any atom is 0.265 e. The Morgan fingerprint density at radius 3 is 2.61 bits per heavy atom. The molecular formula is C21H19ClFN3OS. The van der Waals surface area contributed by atoms with Gasteiger partial charge in [0, 0.05) is 37.4 Å². The molecule has 0 radical (unpaired) electrons. The topological polar surface area (TPSA) is 36.4 Å². The van der Waals surface area contributed by atoms with Crippen molar-refractivity contribution >= 4 is 34.5 Å². The van der Waals surface area contributed by atoms with Gasteiger partial charge in [-0.3, -0.25) is 4.79 Å². The Labute approximate surface area is 172 Å². The lowest BCUT2D eigenvalue weighted by Gasteiger charge is -2.23. The minimum Gasteiger partial charge on any atom is -0.370 e. The van der Waals surface area contributed by atoms with E-state index >= 15 is 0 Å². The smallest absolute Gasteiger partial charge is 0.265 e. The second kappa shape index (κ2) is 8.29. The highest BCUT2D eigenvalue weighted by Gasteiger charge is 2.22. The molecule has 144 valence electrons. The molecule has 0 atom stereocenters. The molecular weight excluding hydrogens is 397 g/mol. The molecule has 4 rings (SSSR count). The highest BCUT2D eigenvalue weighted by molar-refractivity contribution is 7.17. The molecule has 1 amide bonds. The molecule has 0 bridgehead atoms. The summed E-state index contributed by atoms with van der Waals surface area (Å²) in [5.74, 6) is -0.244. The number of benzene rings is 2. The van der Waals surface area contributed by atoms with E-state index in [0.717, 1.165) is 29.2 Å². The van der Waals surface area contributed by atoms with Crippen molar-refractivity contribution < 1.29 is 9.18 Å². The number of halogens is 2. The Bertz CT molecular complexity index is 976. The predicted molar refractivity (Wildman–Crippen MR) is 112 cm³/mol. The molecule has 28 heavy (non-hydrogen) atoms. The van der Waals surface area contributed by atoms with E-state index in [9.17, 15) is 9.18 Å². The molecule has 0 saturated carbocycles. The highest BCUT2D eigenvalue weighted by Crippen LogP contribution is 2.31. The lowest BCUT2D eigenvalue weighted by atomic mass is 10.2. The van der Waals surface area contributed by atoms with Crippen LogP contribution in [0.2, 0.25) is 5.02 Å². The lowest BCUT2D eigenvalue weighted by Crippen LogP contribution is -2.34. The molecule has 3 aromatic rings. The van der Waals surface area contributed by atoms with Crippen LogP contribution in [0.15, 0.2) is 54.7 Å². The van der Waals surface area contributed by atoms with E-state index in [1.54, 1.807) is 18.3 Å². The van der Waals surface area contributed by atoms with E-state index in [0.29, 0.717) is 29.5 Å². The van der Waals surface area contributed by atoms with Gasteiger partial charge in [-0.15, -0.1) is 11.3 Å². The van der Waals surface area contributed by atoms with Crippen LogP contribution in [0.5, 0.6) is 0 Å². The zero-order valence-corrected chi connectivity index (χ0v) is 16.7. The van der Waals surface area contributed by atoms with Crippen molar-refractivity contribution in [2.45, 2.75) is 6.42 Å². The zero-order valence-electron chi connectivity index (χ0n) is 15.1. The van der Waals surface area contributed by atoms with E-state index < -0.39 is 0 Å². The van der Waals surface area contributed by atoms with Crippen LogP contribution in [0.3, 0.4) is 0 Å². The summed E-state index contributed by atoms with van der Waals surface area (Å²) in [5, 5.41) is 1.37. The van der Waals surface area contributed by atoms with Crippen LogP contribution >= 0.6 is 22.9 Å². The van der Waals surface area contributed by atoms with Gasteiger partial charge in [-0.25, -0.2) is 9.37 Å². The third-order valence-corrected chi connectivity index (χ3v) is 6.14. The number of hydrogen-bond acceptors (Lipinski definition) is 4. The molecule has 1 aliphatic rings. The normalized spacial score (nSPS) is 14.8. The van der Waals surface area contributed by atoms with Crippen LogP contribution in [-0.4, -0.2) is 42.0 Å². The van der Waals surface area contributed by atoms with Crippen LogP contribution in [0.4, 0.5) is 10.1 Å². The first-order valence-corrected chi connectivity index (χ1v) is 10.3. The number of rotatable bonds is 3. The number of carbonyl (C=O) groups excluding carboxylic acids is 1. The fourth-order valence-electron chi connectivity index (χ4n) is 3.32. The molecule has 7 heteroatoms. The maximum atomic E-state index is 13.2. The van der Waals surface area contributed by atoms with Crippen molar-refractivity contribution in [3.05, 3.63) is 70.4 Å². The molecule has 4 nitrogen and oxygen atoms in total. The van der Waals surface area contributed by atoms with Gasteiger partial charge >= 0.3 is 0 Å². The SMILES string of the molecule is O=C(c1cnc(-c2ccccc2Cl)s1)N1CCCN(c2ccc(F)cc2)CC1. The average Bonchev–Trinajstić information content (AvgIpc) is 3.06. The number of aromatic nitrogens is 1. The van der Waals surface area contributed by atoms with Crippen LogP contribution in [0.1, 0.15) is 16.1 Å². The van der Waals surface area contributed by atoms with E-state index in [-0.39, 0.29) is 11.7 Å². The highest BCUT2D eigenvalue weighted by atomic mass is 35.5. The Morgan fingerprint density at radius 2 is 1.82 bits per heavy atom. The van der Waals surface area contributed by atoms with Crippen molar-refractivity contribution in [2.75, 3.05) is 31.1 Å². The second-order valence-corrected chi connectivity index (χ2v) is 8.06. The van der Waals surface area contributed by atoms with Gasteiger partial charge in [0.1, 0.15) is 15.7 Å². The molecule has 1 aromatic heterocycles. The standard InChI is InChI=1S/C21H19ClFN3OS/c22-18-5-2-1-4-17(18)20-24-14-19(28-20)21(27)26-11-3-10-25(12-13-26)16-8-6-15(23)7-9-16/h1-2,4-9,14H,3,10-13H2. The van der Waals surface area contributed by atoms with E-state index in [2.05, 4.69) is 9.88 Å². The van der Waals surface area contributed by atoms with E-state index in [4.69, 9.17) is 11.6 Å². The van der Waals surface area contributed by atoms with Crippen LogP contribution in [-0.2, 0) is 0 Å². The monoisotopic (exact) mass is 415 g/mol. The fourth-order valence-corrected chi connectivity index (χ4v) is 4.52. The summed E-state index contributed by atoms with van der Waals surface area (Å²) in [4.78, 5) is 22.0. The molecule has 0 spiro atoms. The van der Waals surface area contributed by atoms with E-state index in [1.165, 1.54) is 23.5 Å². The fraction of sp³-hybridized carbons (Fsp3) is 0.238. The molecule has 2 aromatic carbocycles. The number of carbonyl (C=O) groups is 1. The second-order valence-electron chi connectivity index (χ2n) is 6.62. The number of thiazole rings is 1. The van der Waals surface area contributed by atoms with E-state index in [1.807, 2.05) is 29.2 Å². The summed E-state index contributed by atoms with van der Waals surface area (Å²) >= 11 is 7.61. The number of amides is 1. The first kappa shape index (κ1) is 18.9. The maximum absolute atomic E-state index is 13.2. The van der Waals surface area contributed by atoms with Crippen molar-refractivity contribution in [3.63, 3.8) is 0 Å². The van der Waals surface area contributed by atoms with Gasteiger partial charge in [-0.05, 0) is 36.8 Å². The van der Waals surface area contributed by atoms with Crippen molar-refractivity contribution in [3.8, 4) is 10.6 Å². The predicted octanol–water partition coefficient (Wildman–Crippen LogP) is 4.96. The van der Waals surface area contributed by atoms with Crippen LogP contribution in [0.25, 0.3) is 10.6 Å². The van der Waals surface area contributed by atoms with Gasteiger partial charge in [0.05, 0.1) is 11.2 Å². The molecule has 0 unspecified atom stereocenters. The lowest BCUT2D eigenvalue weighted by molar-refractivity contribution is 0.0771. The summed E-state index contributed by atoms with van der Waals surface area (Å²) < 4.78 is 13.2. The van der Waals surface area contributed by atoms with Crippen molar-refractivity contribution in [1.82, 2.24) is 9.88 Å². The first-order valence-electron chi connectivity index (χ1n) is 9.12. The Hall–Kier alpha value is -2.44. The number of hydrogen-bond donors (Lipinski definition) is 0. The van der Waals surface area contributed by atoms with Gasteiger partial charge in [0.25, 0.3) is 5.91 Å².